The van der Waals surface area contributed by atoms with Gasteiger partial charge in [-0.25, -0.2) is 0 Å². The summed E-state index contributed by atoms with van der Waals surface area (Å²) < 4.78 is 5.21. The number of amides is 1. The molecule has 4 nitrogen and oxygen atoms in total. The number of aryl methyl sites for hydroxylation is 1. The molecule has 0 atom stereocenters. The first-order valence-corrected chi connectivity index (χ1v) is 6.32. The molecule has 0 heterocycles. The van der Waals surface area contributed by atoms with E-state index in [9.17, 15) is 4.79 Å². The van der Waals surface area contributed by atoms with Crippen molar-refractivity contribution in [1.82, 2.24) is 0 Å². The molecule has 1 amide bonds. The third kappa shape index (κ3) is 4.75. The van der Waals surface area contributed by atoms with Crippen molar-refractivity contribution in [2.24, 2.45) is 5.73 Å². The molecule has 1 aromatic rings. The first-order chi connectivity index (χ1) is 8.67. The summed E-state index contributed by atoms with van der Waals surface area (Å²) in [6.07, 6.45) is 3.37. The Kier molecular flexibility index (Phi) is 6.22. The lowest BCUT2D eigenvalue weighted by atomic mass is 10.1. The molecule has 0 spiro atoms. The third-order valence-electron chi connectivity index (χ3n) is 2.74. The molecule has 0 saturated heterocycles. The summed E-state index contributed by atoms with van der Waals surface area (Å²) in [5.41, 5.74) is 7.24. The number of hydrogen-bond donors (Lipinski definition) is 2. The number of benzene rings is 1. The summed E-state index contributed by atoms with van der Waals surface area (Å²) in [5, 5.41) is 2.88. The van der Waals surface area contributed by atoms with E-state index < -0.39 is 0 Å². The lowest BCUT2D eigenvalue weighted by molar-refractivity contribution is -0.116. The summed E-state index contributed by atoms with van der Waals surface area (Å²) >= 11 is 0. The second kappa shape index (κ2) is 7.71. The van der Waals surface area contributed by atoms with Crippen LogP contribution in [0.5, 0.6) is 5.75 Å². The van der Waals surface area contributed by atoms with Gasteiger partial charge in [0.15, 0.2) is 0 Å². The maximum absolute atomic E-state index is 11.8. The number of carbonyl (C=O) groups excluding carboxylic acids is 1. The predicted octanol–water partition coefficient (Wildman–Crippen LogP) is 2.46. The number of methoxy groups -OCH3 is 1. The molecule has 1 aromatic carbocycles. The van der Waals surface area contributed by atoms with Crippen molar-refractivity contribution in [3.05, 3.63) is 23.8 Å². The fourth-order valence-electron chi connectivity index (χ4n) is 1.74. The van der Waals surface area contributed by atoms with Crippen molar-refractivity contribution in [2.75, 3.05) is 19.0 Å². The molecule has 4 heteroatoms. The number of rotatable bonds is 7. The number of unbranched alkanes of at least 4 members (excludes halogenated alkanes) is 2. The van der Waals surface area contributed by atoms with E-state index in [1.807, 2.05) is 25.1 Å². The van der Waals surface area contributed by atoms with Crippen molar-refractivity contribution in [1.29, 1.82) is 0 Å². The highest BCUT2D eigenvalue weighted by Gasteiger charge is 2.07. The van der Waals surface area contributed by atoms with Crippen LogP contribution >= 0.6 is 0 Å². The second-order valence-corrected chi connectivity index (χ2v) is 4.35. The Morgan fingerprint density at radius 2 is 2.11 bits per heavy atom. The van der Waals surface area contributed by atoms with Crippen LogP contribution in [-0.4, -0.2) is 19.6 Å². The lowest BCUT2D eigenvalue weighted by Crippen LogP contribution is -2.12. The van der Waals surface area contributed by atoms with E-state index in [0.717, 1.165) is 30.5 Å². The molecular weight excluding hydrogens is 228 g/mol. The molecule has 0 saturated carbocycles. The van der Waals surface area contributed by atoms with Crippen molar-refractivity contribution in [2.45, 2.75) is 32.6 Å². The minimum atomic E-state index is 0.0240. The third-order valence-corrected chi connectivity index (χ3v) is 2.74. The van der Waals surface area contributed by atoms with Gasteiger partial charge >= 0.3 is 0 Å². The summed E-state index contributed by atoms with van der Waals surface area (Å²) in [7, 11) is 1.60. The van der Waals surface area contributed by atoms with Gasteiger partial charge in [-0.2, -0.15) is 0 Å². The Morgan fingerprint density at radius 3 is 2.78 bits per heavy atom. The van der Waals surface area contributed by atoms with Gasteiger partial charge in [-0.1, -0.05) is 12.5 Å². The molecule has 18 heavy (non-hydrogen) atoms. The van der Waals surface area contributed by atoms with Crippen LogP contribution < -0.4 is 15.8 Å². The Balaban J connectivity index is 2.50. The van der Waals surface area contributed by atoms with E-state index >= 15 is 0 Å². The maximum Gasteiger partial charge on any atom is 0.224 e. The highest BCUT2D eigenvalue weighted by molar-refractivity contribution is 5.92. The normalized spacial score (nSPS) is 10.2. The molecule has 1 rings (SSSR count). The average Bonchev–Trinajstić information content (AvgIpc) is 2.35. The topological polar surface area (TPSA) is 64.3 Å². The molecule has 0 bridgehead atoms. The molecule has 3 N–H and O–H groups in total. The zero-order chi connectivity index (χ0) is 13.4. The van der Waals surface area contributed by atoms with Gasteiger partial charge in [0.1, 0.15) is 5.75 Å². The summed E-state index contributed by atoms with van der Waals surface area (Å²) in [6.45, 7) is 2.67. The van der Waals surface area contributed by atoms with E-state index in [1.54, 1.807) is 7.11 Å². The number of anilines is 1. The molecule has 0 radical (unpaired) electrons. The summed E-state index contributed by atoms with van der Waals surface area (Å²) in [5.74, 6) is 0.715. The van der Waals surface area contributed by atoms with Crippen LogP contribution in [0.25, 0.3) is 0 Å². The quantitative estimate of drug-likeness (QED) is 0.731. The highest BCUT2D eigenvalue weighted by Crippen LogP contribution is 2.25. The Hall–Kier alpha value is -1.55. The monoisotopic (exact) mass is 250 g/mol. The van der Waals surface area contributed by atoms with Crippen LogP contribution in [0.15, 0.2) is 18.2 Å². The van der Waals surface area contributed by atoms with E-state index in [2.05, 4.69) is 5.32 Å². The molecule has 0 unspecified atom stereocenters. The van der Waals surface area contributed by atoms with Gasteiger partial charge in [-0.05, 0) is 44.0 Å². The first kappa shape index (κ1) is 14.5. The van der Waals surface area contributed by atoms with Crippen LogP contribution in [0, 0.1) is 6.92 Å². The predicted molar refractivity (Wildman–Crippen MR) is 73.9 cm³/mol. The van der Waals surface area contributed by atoms with Gasteiger partial charge in [0.2, 0.25) is 5.91 Å². The smallest absolute Gasteiger partial charge is 0.224 e. The number of ether oxygens (including phenoxy) is 1. The van der Waals surface area contributed by atoms with E-state index in [1.165, 1.54) is 0 Å². The van der Waals surface area contributed by atoms with Crippen molar-refractivity contribution in [3.63, 3.8) is 0 Å². The Labute approximate surface area is 109 Å². The average molecular weight is 250 g/mol. The number of nitrogens with one attached hydrogen (secondary N) is 1. The standard InChI is InChI=1S/C14H22N2O2/c1-11-7-8-13(18-2)12(10-11)16-14(17)6-4-3-5-9-15/h7-8,10H,3-6,9,15H2,1-2H3,(H,16,17). The SMILES string of the molecule is COc1ccc(C)cc1NC(=O)CCCCCN. The van der Waals surface area contributed by atoms with E-state index in [0.29, 0.717) is 18.7 Å². The van der Waals surface area contributed by atoms with Crippen LogP contribution in [0.3, 0.4) is 0 Å². The van der Waals surface area contributed by atoms with Crippen LogP contribution in [0.1, 0.15) is 31.2 Å². The molecule has 0 aromatic heterocycles. The Morgan fingerprint density at radius 1 is 1.33 bits per heavy atom. The largest absolute Gasteiger partial charge is 0.495 e. The molecule has 0 aliphatic rings. The Bertz CT molecular complexity index is 391. The number of carbonyl (C=O) groups is 1. The van der Waals surface area contributed by atoms with E-state index in [-0.39, 0.29) is 5.91 Å². The number of hydrogen-bond acceptors (Lipinski definition) is 3. The fraction of sp³-hybridized carbons (Fsp3) is 0.500. The highest BCUT2D eigenvalue weighted by atomic mass is 16.5. The van der Waals surface area contributed by atoms with Crippen molar-refractivity contribution >= 4 is 11.6 Å². The van der Waals surface area contributed by atoms with Crippen molar-refractivity contribution in [3.8, 4) is 5.75 Å². The molecule has 100 valence electrons. The van der Waals surface area contributed by atoms with Gasteiger partial charge in [-0.3, -0.25) is 4.79 Å². The molecule has 0 aliphatic carbocycles. The number of nitrogens with two attached hydrogens (primary N) is 1. The van der Waals surface area contributed by atoms with Gasteiger partial charge in [0.05, 0.1) is 12.8 Å². The van der Waals surface area contributed by atoms with Crippen LogP contribution in [-0.2, 0) is 4.79 Å². The zero-order valence-corrected chi connectivity index (χ0v) is 11.2. The van der Waals surface area contributed by atoms with Gasteiger partial charge in [0, 0.05) is 6.42 Å². The minimum absolute atomic E-state index is 0.0240. The maximum atomic E-state index is 11.8. The van der Waals surface area contributed by atoms with Crippen LogP contribution in [0.2, 0.25) is 0 Å². The molecule has 0 aliphatic heterocycles. The summed E-state index contributed by atoms with van der Waals surface area (Å²) in [4.78, 5) is 11.8. The first-order valence-electron chi connectivity index (χ1n) is 6.32. The van der Waals surface area contributed by atoms with Crippen LogP contribution in [0.4, 0.5) is 5.69 Å². The second-order valence-electron chi connectivity index (χ2n) is 4.35. The van der Waals surface area contributed by atoms with Gasteiger partial charge in [0.25, 0.3) is 0 Å². The fourth-order valence-corrected chi connectivity index (χ4v) is 1.74. The van der Waals surface area contributed by atoms with Crippen molar-refractivity contribution < 1.29 is 9.53 Å². The molecule has 0 fully saturated rings. The summed E-state index contributed by atoms with van der Waals surface area (Å²) in [6, 6.07) is 5.73. The van der Waals surface area contributed by atoms with Gasteiger partial charge < -0.3 is 15.8 Å². The van der Waals surface area contributed by atoms with Gasteiger partial charge in [-0.15, -0.1) is 0 Å². The van der Waals surface area contributed by atoms with E-state index in [4.69, 9.17) is 10.5 Å². The lowest BCUT2D eigenvalue weighted by Gasteiger charge is -2.10. The minimum Gasteiger partial charge on any atom is -0.495 e. The molecular formula is C14H22N2O2. The zero-order valence-electron chi connectivity index (χ0n) is 11.2.